The van der Waals surface area contributed by atoms with E-state index in [4.69, 9.17) is 9.72 Å². The first kappa shape index (κ1) is 21.5. The molecule has 2 aliphatic rings. The summed E-state index contributed by atoms with van der Waals surface area (Å²) in [6.45, 7) is 3.89. The highest BCUT2D eigenvalue weighted by Crippen LogP contribution is 2.34. The second-order valence-corrected chi connectivity index (χ2v) is 8.37. The molecular formula is C25H26FN5O2. The largest absolute Gasteiger partial charge is 0.378 e. The highest BCUT2D eigenvalue weighted by Gasteiger charge is 2.30. The number of piperidine rings is 1. The van der Waals surface area contributed by atoms with Gasteiger partial charge in [0.25, 0.3) is 5.91 Å². The summed E-state index contributed by atoms with van der Waals surface area (Å²) in [5, 5.41) is 0. The maximum Gasteiger partial charge on any atom is 0.256 e. The van der Waals surface area contributed by atoms with Gasteiger partial charge in [0.05, 0.1) is 24.5 Å². The van der Waals surface area contributed by atoms with E-state index in [9.17, 15) is 9.18 Å². The van der Waals surface area contributed by atoms with E-state index in [1.165, 1.54) is 6.07 Å². The van der Waals surface area contributed by atoms with Crippen molar-refractivity contribution in [2.75, 3.05) is 44.3 Å². The summed E-state index contributed by atoms with van der Waals surface area (Å²) in [6, 6.07) is 10.1. The summed E-state index contributed by atoms with van der Waals surface area (Å²) in [6.07, 6.45) is 7.12. The molecule has 2 fully saturated rings. The molecule has 2 saturated heterocycles. The third-order valence-electron chi connectivity index (χ3n) is 6.29. The molecule has 1 unspecified atom stereocenters. The van der Waals surface area contributed by atoms with E-state index < -0.39 is 5.82 Å². The maximum absolute atomic E-state index is 14.3. The minimum atomic E-state index is -0.487. The number of hydrogen-bond acceptors (Lipinski definition) is 6. The van der Waals surface area contributed by atoms with Crippen LogP contribution in [0.1, 0.15) is 34.8 Å². The molecule has 0 aliphatic carbocycles. The lowest BCUT2D eigenvalue weighted by Gasteiger charge is -2.34. The van der Waals surface area contributed by atoms with E-state index in [-0.39, 0.29) is 17.4 Å². The molecule has 1 aromatic carbocycles. The molecule has 0 bridgehead atoms. The number of rotatable bonds is 4. The van der Waals surface area contributed by atoms with Crippen molar-refractivity contribution in [3.63, 3.8) is 0 Å². The zero-order chi connectivity index (χ0) is 22.6. The van der Waals surface area contributed by atoms with Gasteiger partial charge in [0.15, 0.2) is 0 Å². The van der Waals surface area contributed by atoms with E-state index in [1.54, 1.807) is 35.5 Å². The van der Waals surface area contributed by atoms with Gasteiger partial charge in [0.2, 0.25) is 5.95 Å². The quantitative estimate of drug-likeness (QED) is 0.609. The van der Waals surface area contributed by atoms with E-state index in [2.05, 4.69) is 14.9 Å². The summed E-state index contributed by atoms with van der Waals surface area (Å²) in [5.41, 5.74) is 2.97. The Morgan fingerprint density at radius 1 is 1.06 bits per heavy atom. The van der Waals surface area contributed by atoms with E-state index in [0.29, 0.717) is 32.3 Å². The number of benzene rings is 1. The van der Waals surface area contributed by atoms with Crippen LogP contribution in [0.25, 0.3) is 11.1 Å². The van der Waals surface area contributed by atoms with Gasteiger partial charge in [-0.25, -0.2) is 14.4 Å². The SMILES string of the molecule is O=C(c1ccccc1F)N1CCCC(c2nc(N3CCOCC3)ncc2-c2ccncc2)C1. The first-order valence-corrected chi connectivity index (χ1v) is 11.3. The lowest BCUT2D eigenvalue weighted by atomic mass is 9.90. The van der Waals surface area contributed by atoms with Crippen molar-refractivity contribution < 1.29 is 13.9 Å². The third-order valence-corrected chi connectivity index (χ3v) is 6.29. The Hall–Kier alpha value is -3.39. The van der Waals surface area contributed by atoms with Gasteiger partial charge in [-0.3, -0.25) is 9.78 Å². The van der Waals surface area contributed by atoms with Crippen LogP contribution in [0.5, 0.6) is 0 Å². The van der Waals surface area contributed by atoms with Crippen LogP contribution >= 0.6 is 0 Å². The number of anilines is 1. The fourth-order valence-corrected chi connectivity index (χ4v) is 4.56. The van der Waals surface area contributed by atoms with Crippen molar-refractivity contribution in [1.29, 1.82) is 0 Å². The molecule has 0 N–H and O–H groups in total. The molecule has 0 saturated carbocycles. The number of likely N-dealkylation sites (tertiary alicyclic amines) is 1. The van der Waals surface area contributed by atoms with Crippen LogP contribution in [0.4, 0.5) is 10.3 Å². The van der Waals surface area contributed by atoms with Crippen LogP contribution in [-0.4, -0.2) is 65.2 Å². The molecule has 4 heterocycles. The number of ether oxygens (including phenoxy) is 1. The fraction of sp³-hybridized carbons (Fsp3) is 0.360. The predicted molar refractivity (Wildman–Crippen MR) is 123 cm³/mol. The fourth-order valence-electron chi connectivity index (χ4n) is 4.56. The first-order valence-electron chi connectivity index (χ1n) is 11.3. The molecule has 33 heavy (non-hydrogen) atoms. The van der Waals surface area contributed by atoms with Gasteiger partial charge in [0.1, 0.15) is 5.82 Å². The monoisotopic (exact) mass is 447 g/mol. The lowest BCUT2D eigenvalue weighted by Crippen LogP contribution is -2.40. The number of aromatic nitrogens is 3. The van der Waals surface area contributed by atoms with Gasteiger partial charge >= 0.3 is 0 Å². The van der Waals surface area contributed by atoms with Crippen LogP contribution in [-0.2, 0) is 4.74 Å². The molecule has 8 heteroatoms. The molecule has 1 amide bonds. The third kappa shape index (κ3) is 4.57. The molecule has 3 aromatic rings. The van der Waals surface area contributed by atoms with Crippen LogP contribution in [0.2, 0.25) is 0 Å². The molecule has 7 nitrogen and oxygen atoms in total. The molecule has 2 aromatic heterocycles. The first-order chi connectivity index (χ1) is 16.2. The summed E-state index contributed by atoms with van der Waals surface area (Å²) >= 11 is 0. The summed E-state index contributed by atoms with van der Waals surface area (Å²) in [7, 11) is 0. The average molecular weight is 448 g/mol. The molecule has 0 spiro atoms. The number of morpholine rings is 1. The maximum atomic E-state index is 14.3. The number of nitrogens with zero attached hydrogens (tertiary/aromatic N) is 5. The van der Waals surface area contributed by atoms with E-state index in [0.717, 1.165) is 42.8 Å². The number of halogens is 1. The Morgan fingerprint density at radius 2 is 1.85 bits per heavy atom. The Kier molecular flexibility index (Phi) is 6.26. The van der Waals surface area contributed by atoms with Crippen molar-refractivity contribution >= 4 is 11.9 Å². The molecule has 1 atom stereocenters. The van der Waals surface area contributed by atoms with E-state index in [1.807, 2.05) is 18.3 Å². The Balaban J connectivity index is 1.48. The Labute approximate surface area is 192 Å². The molecule has 170 valence electrons. The standard InChI is InChI=1S/C25H26FN5O2/c26-22-6-2-1-5-20(22)24(32)31-11-3-4-19(17-31)23-21(18-7-9-27-10-8-18)16-28-25(29-23)30-12-14-33-15-13-30/h1-2,5-10,16,19H,3-4,11-15,17H2. The summed E-state index contributed by atoms with van der Waals surface area (Å²) in [5.74, 6) is -0.0476. The van der Waals surface area contributed by atoms with Gasteiger partial charge in [0, 0.05) is 56.3 Å². The zero-order valence-corrected chi connectivity index (χ0v) is 18.4. The molecule has 0 radical (unpaired) electrons. The van der Waals surface area contributed by atoms with Gasteiger partial charge in [-0.2, -0.15) is 0 Å². The summed E-state index contributed by atoms with van der Waals surface area (Å²) in [4.78, 5) is 30.8. The molecule has 5 rings (SSSR count). The van der Waals surface area contributed by atoms with Crippen molar-refractivity contribution in [3.8, 4) is 11.1 Å². The predicted octanol–water partition coefficient (Wildman–Crippen LogP) is 3.53. The average Bonchev–Trinajstić information content (AvgIpc) is 2.89. The van der Waals surface area contributed by atoms with Crippen molar-refractivity contribution in [2.24, 2.45) is 0 Å². The Morgan fingerprint density at radius 3 is 2.64 bits per heavy atom. The van der Waals surface area contributed by atoms with Crippen molar-refractivity contribution in [1.82, 2.24) is 19.9 Å². The topological polar surface area (TPSA) is 71.5 Å². The second kappa shape index (κ2) is 9.62. The minimum Gasteiger partial charge on any atom is -0.378 e. The van der Waals surface area contributed by atoms with Gasteiger partial charge in [-0.05, 0) is 42.7 Å². The van der Waals surface area contributed by atoms with Crippen molar-refractivity contribution in [2.45, 2.75) is 18.8 Å². The minimum absolute atomic E-state index is 0.0282. The van der Waals surface area contributed by atoms with Crippen LogP contribution in [0.15, 0.2) is 55.0 Å². The number of amides is 1. The second-order valence-electron chi connectivity index (χ2n) is 8.37. The number of pyridine rings is 1. The molecular weight excluding hydrogens is 421 g/mol. The summed E-state index contributed by atoms with van der Waals surface area (Å²) < 4.78 is 19.7. The lowest BCUT2D eigenvalue weighted by molar-refractivity contribution is 0.0701. The number of carbonyl (C=O) groups excluding carboxylic acids is 1. The highest BCUT2D eigenvalue weighted by molar-refractivity contribution is 5.94. The van der Waals surface area contributed by atoms with Crippen molar-refractivity contribution in [3.05, 3.63) is 72.1 Å². The normalized spacial score (nSPS) is 18.9. The highest BCUT2D eigenvalue weighted by atomic mass is 19.1. The van der Waals surface area contributed by atoms with Crippen LogP contribution < -0.4 is 4.90 Å². The molecule has 2 aliphatic heterocycles. The smallest absolute Gasteiger partial charge is 0.256 e. The van der Waals surface area contributed by atoms with Gasteiger partial charge in [-0.1, -0.05) is 12.1 Å². The van der Waals surface area contributed by atoms with Gasteiger partial charge < -0.3 is 14.5 Å². The number of hydrogen-bond donors (Lipinski definition) is 0. The van der Waals surface area contributed by atoms with E-state index >= 15 is 0 Å². The van der Waals surface area contributed by atoms with Crippen LogP contribution in [0.3, 0.4) is 0 Å². The van der Waals surface area contributed by atoms with Crippen LogP contribution in [0, 0.1) is 5.82 Å². The zero-order valence-electron chi connectivity index (χ0n) is 18.4. The number of carbonyl (C=O) groups is 1. The Bertz CT molecular complexity index is 1120. The van der Waals surface area contributed by atoms with Gasteiger partial charge in [-0.15, -0.1) is 0 Å².